The van der Waals surface area contributed by atoms with E-state index in [1.165, 1.54) is 25.7 Å². The minimum absolute atomic E-state index is 0.245. The van der Waals surface area contributed by atoms with Crippen molar-refractivity contribution in [3.05, 3.63) is 0 Å². The molecule has 3 nitrogen and oxygen atoms in total. The lowest BCUT2D eigenvalue weighted by Gasteiger charge is -2.08. The smallest absolute Gasteiger partial charge is 0.323 e. The summed E-state index contributed by atoms with van der Waals surface area (Å²) in [5, 5.41) is 0. The zero-order valence-electron chi connectivity index (χ0n) is 10.2. The SMILES string of the molecule is C#CCC(N)C(=O)OCCCCCCCC. The zero-order chi connectivity index (χ0) is 12.2. The van der Waals surface area contributed by atoms with Gasteiger partial charge in [-0.05, 0) is 6.42 Å². The van der Waals surface area contributed by atoms with Gasteiger partial charge in [0.15, 0.2) is 0 Å². The van der Waals surface area contributed by atoms with E-state index < -0.39 is 6.04 Å². The fourth-order valence-corrected chi connectivity index (χ4v) is 1.37. The Morgan fingerprint density at radius 2 is 1.94 bits per heavy atom. The van der Waals surface area contributed by atoms with Gasteiger partial charge in [-0.2, -0.15) is 0 Å². The van der Waals surface area contributed by atoms with Crippen molar-refractivity contribution in [2.75, 3.05) is 6.61 Å². The van der Waals surface area contributed by atoms with Gasteiger partial charge in [-0.25, -0.2) is 0 Å². The number of hydrogen-bond donors (Lipinski definition) is 1. The molecule has 0 aromatic rings. The van der Waals surface area contributed by atoms with Crippen molar-refractivity contribution in [1.82, 2.24) is 0 Å². The third-order valence-corrected chi connectivity index (χ3v) is 2.38. The molecular weight excluding hydrogens is 202 g/mol. The van der Waals surface area contributed by atoms with E-state index in [0.717, 1.165) is 12.8 Å². The van der Waals surface area contributed by atoms with Gasteiger partial charge >= 0.3 is 5.97 Å². The van der Waals surface area contributed by atoms with Gasteiger partial charge in [-0.1, -0.05) is 39.0 Å². The molecule has 0 spiro atoms. The standard InChI is InChI=1S/C13H23NO2/c1-3-5-6-7-8-9-11-16-13(15)12(14)10-4-2/h2,12H,3,5-11,14H2,1H3. The van der Waals surface area contributed by atoms with Gasteiger partial charge in [0.1, 0.15) is 6.04 Å². The summed E-state index contributed by atoms with van der Waals surface area (Å²) >= 11 is 0. The average Bonchev–Trinajstić information content (AvgIpc) is 2.28. The van der Waals surface area contributed by atoms with Gasteiger partial charge < -0.3 is 10.5 Å². The molecule has 0 heterocycles. The first kappa shape index (κ1) is 15.0. The molecule has 2 N–H and O–H groups in total. The normalized spacial score (nSPS) is 11.8. The molecule has 0 aliphatic heterocycles. The molecule has 3 heteroatoms. The maximum Gasteiger partial charge on any atom is 0.323 e. The molecule has 16 heavy (non-hydrogen) atoms. The summed E-state index contributed by atoms with van der Waals surface area (Å²) in [4.78, 5) is 11.2. The lowest BCUT2D eigenvalue weighted by molar-refractivity contribution is -0.145. The lowest BCUT2D eigenvalue weighted by Crippen LogP contribution is -2.32. The van der Waals surface area contributed by atoms with Gasteiger partial charge in [0.05, 0.1) is 6.61 Å². The highest BCUT2D eigenvalue weighted by Gasteiger charge is 2.12. The van der Waals surface area contributed by atoms with E-state index >= 15 is 0 Å². The number of unbranched alkanes of at least 4 members (excludes halogenated alkanes) is 5. The van der Waals surface area contributed by atoms with E-state index in [2.05, 4.69) is 12.8 Å². The molecule has 1 atom stereocenters. The average molecular weight is 225 g/mol. The molecule has 0 saturated heterocycles. The van der Waals surface area contributed by atoms with Crippen LogP contribution in [0.1, 0.15) is 51.9 Å². The summed E-state index contributed by atoms with van der Waals surface area (Å²) in [5.41, 5.74) is 5.49. The van der Waals surface area contributed by atoms with Crippen LogP contribution in [-0.4, -0.2) is 18.6 Å². The number of ether oxygens (including phenoxy) is 1. The first-order chi connectivity index (χ1) is 7.72. The Bertz CT molecular complexity index is 220. The Hall–Kier alpha value is -1.01. The number of carbonyl (C=O) groups is 1. The third kappa shape index (κ3) is 8.31. The van der Waals surface area contributed by atoms with Crippen LogP contribution in [0.15, 0.2) is 0 Å². The number of hydrogen-bond acceptors (Lipinski definition) is 3. The number of nitrogens with two attached hydrogens (primary N) is 1. The Balaban J connectivity index is 3.31. The summed E-state index contributed by atoms with van der Waals surface area (Å²) in [7, 11) is 0. The van der Waals surface area contributed by atoms with Gasteiger partial charge in [0.2, 0.25) is 0 Å². The second kappa shape index (κ2) is 10.5. The maximum atomic E-state index is 11.2. The zero-order valence-corrected chi connectivity index (χ0v) is 10.2. The van der Waals surface area contributed by atoms with Crippen molar-refractivity contribution in [2.45, 2.75) is 57.9 Å². The minimum atomic E-state index is -0.662. The van der Waals surface area contributed by atoms with Crippen LogP contribution < -0.4 is 5.73 Å². The van der Waals surface area contributed by atoms with E-state index in [-0.39, 0.29) is 12.4 Å². The fourth-order valence-electron chi connectivity index (χ4n) is 1.37. The van der Waals surface area contributed by atoms with E-state index in [1.807, 2.05) is 0 Å². The van der Waals surface area contributed by atoms with Crippen molar-refractivity contribution in [3.8, 4) is 12.3 Å². The number of terminal acetylenes is 1. The highest BCUT2D eigenvalue weighted by Crippen LogP contribution is 2.05. The second-order valence-electron chi connectivity index (χ2n) is 3.95. The molecule has 0 bridgehead atoms. The molecule has 92 valence electrons. The molecule has 0 rings (SSSR count). The van der Waals surface area contributed by atoms with E-state index in [4.69, 9.17) is 16.9 Å². The molecule has 0 aromatic heterocycles. The summed E-state index contributed by atoms with van der Waals surface area (Å²) in [5.74, 6) is 1.96. The number of esters is 1. The predicted octanol–water partition coefficient (Wildman–Crippen LogP) is 2.24. The van der Waals surface area contributed by atoms with Crippen molar-refractivity contribution in [2.24, 2.45) is 5.73 Å². The van der Waals surface area contributed by atoms with Crippen molar-refractivity contribution >= 4 is 5.97 Å². The van der Waals surface area contributed by atoms with Gasteiger partial charge in [0, 0.05) is 6.42 Å². The quantitative estimate of drug-likeness (QED) is 0.372. The fraction of sp³-hybridized carbons (Fsp3) is 0.769. The van der Waals surface area contributed by atoms with Gasteiger partial charge in [0.25, 0.3) is 0 Å². The monoisotopic (exact) mass is 225 g/mol. The first-order valence-corrected chi connectivity index (χ1v) is 6.08. The Kier molecular flexibility index (Phi) is 9.84. The van der Waals surface area contributed by atoms with Crippen molar-refractivity contribution in [1.29, 1.82) is 0 Å². The number of rotatable bonds is 9. The van der Waals surface area contributed by atoms with Crippen LogP contribution in [-0.2, 0) is 9.53 Å². The van der Waals surface area contributed by atoms with Crippen LogP contribution in [0.4, 0.5) is 0 Å². The van der Waals surface area contributed by atoms with Crippen LogP contribution in [0.5, 0.6) is 0 Å². The Morgan fingerprint density at radius 1 is 1.31 bits per heavy atom. The van der Waals surface area contributed by atoms with Crippen LogP contribution in [0, 0.1) is 12.3 Å². The number of carbonyl (C=O) groups excluding carboxylic acids is 1. The Morgan fingerprint density at radius 3 is 2.56 bits per heavy atom. The molecular formula is C13H23NO2. The molecule has 0 aliphatic rings. The highest BCUT2D eigenvalue weighted by molar-refractivity contribution is 5.75. The van der Waals surface area contributed by atoms with Gasteiger partial charge in [-0.3, -0.25) is 4.79 Å². The summed E-state index contributed by atoms with van der Waals surface area (Å²) in [6.45, 7) is 2.65. The van der Waals surface area contributed by atoms with Crippen LogP contribution in [0.25, 0.3) is 0 Å². The Labute approximate surface area is 98.7 Å². The summed E-state index contributed by atoms with van der Waals surface area (Å²) in [6, 6.07) is -0.662. The largest absolute Gasteiger partial charge is 0.465 e. The van der Waals surface area contributed by atoms with Crippen molar-refractivity contribution in [3.63, 3.8) is 0 Å². The van der Waals surface area contributed by atoms with E-state index in [9.17, 15) is 4.79 Å². The molecule has 0 saturated carbocycles. The van der Waals surface area contributed by atoms with Crippen LogP contribution >= 0.6 is 0 Å². The lowest BCUT2D eigenvalue weighted by atomic mass is 10.1. The van der Waals surface area contributed by atoms with E-state index in [1.54, 1.807) is 0 Å². The summed E-state index contributed by atoms with van der Waals surface area (Å²) in [6.07, 6.45) is 12.3. The van der Waals surface area contributed by atoms with Crippen molar-refractivity contribution < 1.29 is 9.53 Å². The minimum Gasteiger partial charge on any atom is -0.465 e. The molecule has 0 aliphatic carbocycles. The second-order valence-corrected chi connectivity index (χ2v) is 3.95. The predicted molar refractivity (Wildman–Crippen MR) is 65.8 cm³/mol. The first-order valence-electron chi connectivity index (χ1n) is 6.08. The molecule has 0 radical (unpaired) electrons. The molecule has 0 fully saturated rings. The molecule has 0 amide bonds. The van der Waals surface area contributed by atoms with E-state index in [0.29, 0.717) is 6.61 Å². The van der Waals surface area contributed by atoms with Crippen LogP contribution in [0.2, 0.25) is 0 Å². The van der Waals surface area contributed by atoms with Gasteiger partial charge in [-0.15, -0.1) is 12.3 Å². The maximum absolute atomic E-state index is 11.2. The highest BCUT2D eigenvalue weighted by atomic mass is 16.5. The molecule has 0 aromatic carbocycles. The molecule has 1 unspecified atom stereocenters. The topological polar surface area (TPSA) is 52.3 Å². The van der Waals surface area contributed by atoms with Crippen LogP contribution in [0.3, 0.4) is 0 Å². The third-order valence-electron chi connectivity index (χ3n) is 2.38. The summed E-state index contributed by atoms with van der Waals surface area (Å²) < 4.78 is 5.00.